The lowest BCUT2D eigenvalue weighted by Gasteiger charge is -2.09. The second-order valence-electron chi connectivity index (χ2n) is 6.69. The van der Waals surface area contributed by atoms with Gasteiger partial charge >= 0.3 is 0 Å². The van der Waals surface area contributed by atoms with E-state index in [9.17, 15) is 4.39 Å². The first-order chi connectivity index (χ1) is 13.0. The zero-order chi connectivity index (χ0) is 19.0. The molecule has 5 heteroatoms. The molecule has 4 rings (SSSR count). The van der Waals surface area contributed by atoms with E-state index < -0.39 is 0 Å². The number of hydrogen-bond donors (Lipinski definition) is 0. The fraction of sp³-hybridized carbons (Fsp3) is 0.136. The van der Waals surface area contributed by atoms with Crippen molar-refractivity contribution in [2.75, 3.05) is 14.1 Å². The van der Waals surface area contributed by atoms with Crippen molar-refractivity contribution in [1.29, 1.82) is 0 Å². The molecule has 1 aromatic heterocycles. The lowest BCUT2D eigenvalue weighted by atomic mass is 10.0. The summed E-state index contributed by atoms with van der Waals surface area (Å²) in [5.41, 5.74) is 4.80. The summed E-state index contributed by atoms with van der Waals surface area (Å²) in [4.78, 5) is 1.21. The summed E-state index contributed by atoms with van der Waals surface area (Å²) in [5.74, 6) is -0.201. The van der Waals surface area contributed by atoms with Crippen LogP contribution >= 0.6 is 11.9 Å². The Bertz CT molecular complexity index is 1100. The number of halogens is 1. The molecule has 27 heavy (non-hydrogen) atoms. The maximum Gasteiger partial charge on any atom is 0.126 e. The number of nitrogens with zero attached hydrogens (tertiary/aromatic N) is 3. The molecule has 0 aliphatic carbocycles. The molecule has 3 aromatic carbocycles. The molecule has 0 radical (unpaired) electrons. The molecule has 136 valence electrons. The summed E-state index contributed by atoms with van der Waals surface area (Å²) in [7, 11) is 4.07. The molecule has 0 saturated heterocycles. The quantitative estimate of drug-likeness (QED) is 0.425. The van der Waals surface area contributed by atoms with Crippen LogP contribution in [0, 0.1) is 12.7 Å². The molecule has 0 N–H and O–H groups in total. The predicted octanol–water partition coefficient (Wildman–Crippen LogP) is 5.71. The van der Waals surface area contributed by atoms with Gasteiger partial charge in [-0.25, -0.2) is 9.07 Å². The van der Waals surface area contributed by atoms with Gasteiger partial charge in [-0.2, -0.15) is 5.10 Å². The minimum Gasteiger partial charge on any atom is -0.253 e. The van der Waals surface area contributed by atoms with Crippen LogP contribution < -0.4 is 0 Å². The van der Waals surface area contributed by atoms with Crippen molar-refractivity contribution in [2.24, 2.45) is 0 Å². The maximum atomic E-state index is 13.6. The van der Waals surface area contributed by atoms with E-state index >= 15 is 0 Å². The molecule has 0 bridgehead atoms. The second-order valence-corrected chi connectivity index (χ2v) is 8.08. The van der Waals surface area contributed by atoms with Crippen molar-refractivity contribution < 1.29 is 4.39 Å². The van der Waals surface area contributed by atoms with Crippen molar-refractivity contribution >= 4 is 22.9 Å². The Kier molecular flexibility index (Phi) is 4.72. The summed E-state index contributed by atoms with van der Waals surface area (Å²) in [6.45, 7) is 1.76. The van der Waals surface area contributed by atoms with Crippen LogP contribution in [0.25, 0.3) is 27.7 Å². The van der Waals surface area contributed by atoms with Gasteiger partial charge in [0.25, 0.3) is 0 Å². The van der Waals surface area contributed by atoms with E-state index in [1.165, 1.54) is 16.5 Å². The van der Waals surface area contributed by atoms with Crippen LogP contribution in [0.15, 0.2) is 71.8 Å². The number of aromatic nitrogens is 2. The third-order valence-corrected chi connectivity index (χ3v) is 5.28. The zero-order valence-electron chi connectivity index (χ0n) is 15.5. The largest absolute Gasteiger partial charge is 0.253 e. The third-order valence-electron chi connectivity index (χ3n) is 4.43. The predicted molar refractivity (Wildman–Crippen MR) is 111 cm³/mol. The minimum atomic E-state index is -0.201. The molecule has 3 nitrogen and oxygen atoms in total. The van der Waals surface area contributed by atoms with Crippen LogP contribution in [0.1, 0.15) is 5.56 Å². The van der Waals surface area contributed by atoms with Gasteiger partial charge in [-0.3, -0.25) is 4.31 Å². The van der Waals surface area contributed by atoms with Gasteiger partial charge in [-0.05, 0) is 92.1 Å². The molecular formula is C22H20FN3S. The molecule has 0 atom stereocenters. The molecule has 1 heterocycles. The van der Waals surface area contributed by atoms with E-state index in [1.807, 2.05) is 31.0 Å². The summed E-state index contributed by atoms with van der Waals surface area (Å²) in [5, 5.41) is 5.56. The zero-order valence-corrected chi connectivity index (χ0v) is 16.3. The number of aryl methyl sites for hydroxylation is 1. The standard InChI is InChI=1S/C22H20FN3S/c1-15-12-19(7-10-21(15)23)26-22-11-6-17(13-18(22)14-24-26)16-4-8-20(9-5-16)27-25(2)3/h4-14H,1-3H3. The smallest absolute Gasteiger partial charge is 0.126 e. The van der Waals surface area contributed by atoms with E-state index in [0.29, 0.717) is 5.56 Å². The highest BCUT2D eigenvalue weighted by Gasteiger charge is 2.08. The second kappa shape index (κ2) is 7.18. The van der Waals surface area contributed by atoms with E-state index in [-0.39, 0.29) is 5.82 Å². The van der Waals surface area contributed by atoms with Gasteiger partial charge < -0.3 is 0 Å². The Hall–Kier alpha value is -2.63. The van der Waals surface area contributed by atoms with E-state index in [0.717, 1.165) is 22.2 Å². The van der Waals surface area contributed by atoms with Gasteiger partial charge in [-0.1, -0.05) is 18.2 Å². The fourth-order valence-corrected chi connectivity index (χ4v) is 3.78. The molecular weight excluding hydrogens is 357 g/mol. The molecule has 0 spiro atoms. The first-order valence-electron chi connectivity index (χ1n) is 8.71. The summed E-state index contributed by atoms with van der Waals surface area (Å²) in [6.07, 6.45) is 1.85. The SMILES string of the molecule is Cc1cc(-n2ncc3cc(-c4ccc(SN(C)C)cc4)ccc32)ccc1F. The van der Waals surface area contributed by atoms with Crippen molar-refractivity contribution in [3.05, 3.63) is 78.2 Å². The highest BCUT2D eigenvalue weighted by Crippen LogP contribution is 2.28. The molecule has 0 saturated carbocycles. The molecule has 0 aliphatic heterocycles. The topological polar surface area (TPSA) is 21.1 Å². The summed E-state index contributed by atoms with van der Waals surface area (Å²) >= 11 is 1.70. The molecule has 0 aliphatic rings. The Morgan fingerprint density at radius 3 is 2.37 bits per heavy atom. The monoisotopic (exact) mass is 377 g/mol. The minimum absolute atomic E-state index is 0.201. The fourth-order valence-electron chi connectivity index (χ4n) is 3.10. The van der Waals surface area contributed by atoms with Crippen LogP contribution in [0.2, 0.25) is 0 Å². The van der Waals surface area contributed by atoms with E-state index in [2.05, 4.69) is 51.9 Å². The van der Waals surface area contributed by atoms with Crippen LogP contribution in [-0.4, -0.2) is 28.2 Å². The highest BCUT2D eigenvalue weighted by molar-refractivity contribution is 7.97. The molecule has 4 aromatic rings. The lowest BCUT2D eigenvalue weighted by Crippen LogP contribution is -1.98. The van der Waals surface area contributed by atoms with E-state index in [4.69, 9.17) is 0 Å². The van der Waals surface area contributed by atoms with E-state index in [1.54, 1.807) is 24.9 Å². The molecule has 0 unspecified atom stereocenters. The van der Waals surface area contributed by atoms with Crippen LogP contribution in [0.4, 0.5) is 4.39 Å². The first-order valence-corrected chi connectivity index (χ1v) is 9.49. The van der Waals surface area contributed by atoms with Crippen molar-refractivity contribution in [3.63, 3.8) is 0 Å². The third kappa shape index (κ3) is 3.61. The maximum absolute atomic E-state index is 13.6. The van der Waals surface area contributed by atoms with Gasteiger partial charge in [0.15, 0.2) is 0 Å². The Morgan fingerprint density at radius 2 is 1.67 bits per heavy atom. The van der Waals surface area contributed by atoms with Gasteiger partial charge in [-0.15, -0.1) is 0 Å². The first kappa shape index (κ1) is 17.8. The average molecular weight is 377 g/mol. The van der Waals surface area contributed by atoms with Crippen LogP contribution in [-0.2, 0) is 0 Å². The van der Waals surface area contributed by atoms with Gasteiger partial charge in [0.05, 0.1) is 17.4 Å². The van der Waals surface area contributed by atoms with Gasteiger partial charge in [0.1, 0.15) is 5.82 Å². The van der Waals surface area contributed by atoms with Crippen molar-refractivity contribution in [2.45, 2.75) is 11.8 Å². The summed E-state index contributed by atoms with van der Waals surface area (Å²) in [6, 6.07) is 19.9. The Morgan fingerprint density at radius 1 is 0.926 bits per heavy atom. The molecule has 0 amide bonds. The average Bonchev–Trinajstić information content (AvgIpc) is 3.07. The number of rotatable bonds is 4. The Balaban J connectivity index is 1.68. The van der Waals surface area contributed by atoms with Gasteiger partial charge in [0, 0.05) is 10.3 Å². The van der Waals surface area contributed by atoms with Crippen molar-refractivity contribution in [3.8, 4) is 16.8 Å². The normalized spacial score (nSPS) is 11.4. The Labute approximate surface area is 162 Å². The molecule has 0 fully saturated rings. The van der Waals surface area contributed by atoms with Crippen molar-refractivity contribution in [1.82, 2.24) is 14.1 Å². The highest BCUT2D eigenvalue weighted by atomic mass is 32.2. The van der Waals surface area contributed by atoms with Gasteiger partial charge in [0.2, 0.25) is 0 Å². The van der Waals surface area contributed by atoms with Crippen LogP contribution in [0.5, 0.6) is 0 Å². The number of fused-ring (bicyclic) bond motifs is 1. The van der Waals surface area contributed by atoms with Crippen LogP contribution in [0.3, 0.4) is 0 Å². The summed E-state index contributed by atoms with van der Waals surface area (Å²) < 4.78 is 17.5. The number of benzene rings is 3. The number of hydrogen-bond acceptors (Lipinski definition) is 3. The lowest BCUT2D eigenvalue weighted by molar-refractivity contribution is 0.617.